The summed E-state index contributed by atoms with van der Waals surface area (Å²) in [6, 6.07) is 1.54. The molecular weight excluding hydrogens is 334 g/mol. The van der Waals surface area contributed by atoms with Crippen LogP contribution in [0.15, 0.2) is 0 Å². The zero-order chi connectivity index (χ0) is 20.0. The maximum atomic E-state index is 12.1. The van der Waals surface area contributed by atoms with Gasteiger partial charge < -0.3 is 14.7 Å². The third-order valence-corrected chi connectivity index (χ3v) is 7.15. The van der Waals surface area contributed by atoms with Crippen LogP contribution in [0, 0.1) is 22.7 Å². The predicted molar refractivity (Wildman–Crippen MR) is 113 cm³/mol. The van der Waals surface area contributed by atoms with E-state index in [1.165, 1.54) is 45.1 Å². The highest BCUT2D eigenvalue weighted by Gasteiger charge is 2.42. The van der Waals surface area contributed by atoms with Gasteiger partial charge in [-0.25, -0.2) is 4.79 Å². The zero-order valence-corrected chi connectivity index (χ0v) is 18.9. The number of carbonyl (C=O) groups is 1. The summed E-state index contributed by atoms with van der Waals surface area (Å²) < 4.78 is 0. The molecule has 3 rings (SSSR count). The van der Waals surface area contributed by atoms with Gasteiger partial charge in [0.15, 0.2) is 0 Å². The first-order valence-corrected chi connectivity index (χ1v) is 11.2. The first-order chi connectivity index (χ1) is 12.4. The minimum absolute atomic E-state index is 0.243. The van der Waals surface area contributed by atoms with Crippen molar-refractivity contribution in [2.45, 2.75) is 85.2 Å². The lowest BCUT2D eigenvalue weighted by Gasteiger charge is -2.48. The summed E-state index contributed by atoms with van der Waals surface area (Å²) in [4.78, 5) is 18.8. The molecule has 0 spiro atoms. The summed E-state index contributed by atoms with van der Waals surface area (Å²) in [6.07, 6.45) is 7.87. The molecule has 2 aliphatic carbocycles. The molecule has 3 fully saturated rings. The van der Waals surface area contributed by atoms with Crippen LogP contribution in [0.1, 0.15) is 73.1 Å². The highest BCUT2D eigenvalue weighted by Crippen LogP contribution is 2.43. The molecule has 0 aromatic carbocycles. The number of likely N-dealkylation sites (N-methyl/N-ethyl adjacent to an activating group) is 1. The molecule has 27 heavy (non-hydrogen) atoms. The Balaban J connectivity index is 1.37. The van der Waals surface area contributed by atoms with Crippen molar-refractivity contribution in [2.24, 2.45) is 22.7 Å². The fourth-order valence-corrected chi connectivity index (χ4v) is 5.87. The Hall–Kier alpha value is -0.770. The predicted octanol–water partition coefficient (Wildman–Crippen LogP) is 4.70. The van der Waals surface area contributed by atoms with Crippen molar-refractivity contribution in [1.29, 1.82) is 0 Å². The van der Waals surface area contributed by atoms with Crippen molar-refractivity contribution < 1.29 is 4.79 Å². The van der Waals surface area contributed by atoms with E-state index in [1.54, 1.807) is 0 Å². The lowest BCUT2D eigenvalue weighted by atomic mass is 9.69. The molecular formula is C23H43N3O. The van der Waals surface area contributed by atoms with Gasteiger partial charge in [-0.05, 0) is 68.2 Å². The number of nitrogens with zero attached hydrogens (tertiary/aromatic N) is 3. The van der Waals surface area contributed by atoms with Gasteiger partial charge in [-0.2, -0.15) is 0 Å². The lowest BCUT2D eigenvalue weighted by molar-refractivity contribution is 0.0301. The number of hydrogen-bond donors (Lipinski definition) is 0. The number of rotatable bonds is 7. The average Bonchev–Trinajstić information content (AvgIpc) is 2.76. The highest BCUT2D eigenvalue weighted by atomic mass is 16.2. The second-order valence-electron chi connectivity index (χ2n) is 11.9. The van der Waals surface area contributed by atoms with Crippen LogP contribution >= 0.6 is 0 Å². The Morgan fingerprint density at radius 1 is 0.963 bits per heavy atom. The Morgan fingerprint density at radius 3 is 2.07 bits per heavy atom. The molecule has 1 saturated heterocycles. The van der Waals surface area contributed by atoms with Crippen LogP contribution in [-0.4, -0.2) is 66.5 Å². The third kappa shape index (κ3) is 5.19. The smallest absolute Gasteiger partial charge is 0.320 e. The van der Waals surface area contributed by atoms with Crippen LogP contribution in [0.5, 0.6) is 0 Å². The summed E-state index contributed by atoms with van der Waals surface area (Å²) in [5.74, 6) is 1.73. The summed E-state index contributed by atoms with van der Waals surface area (Å²) >= 11 is 0. The summed E-state index contributed by atoms with van der Waals surface area (Å²) in [6.45, 7) is 15.0. The standard InChI is InChI=1S/C23H43N3O/c1-22(2,3)14-17-10-19(11-17)25(7)16-23(4,5)15-18-12-20(13-18)26-9-8-24(6)21(26)27/h17-20H,8-16H2,1-7H3. The van der Waals surface area contributed by atoms with Gasteiger partial charge in [-0.3, -0.25) is 0 Å². The Morgan fingerprint density at radius 2 is 1.56 bits per heavy atom. The van der Waals surface area contributed by atoms with Crippen LogP contribution in [0.2, 0.25) is 0 Å². The minimum atomic E-state index is 0.243. The molecule has 4 nitrogen and oxygen atoms in total. The monoisotopic (exact) mass is 377 g/mol. The number of hydrogen-bond acceptors (Lipinski definition) is 2. The molecule has 156 valence electrons. The van der Waals surface area contributed by atoms with Crippen molar-refractivity contribution in [2.75, 3.05) is 33.7 Å². The summed E-state index contributed by atoms with van der Waals surface area (Å²) in [5.41, 5.74) is 0.838. The Labute approximate surface area is 167 Å². The van der Waals surface area contributed by atoms with Crippen LogP contribution in [-0.2, 0) is 0 Å². The number of urea groups is 1. The maximum Gasteiger partial charge on any atom is 0.320 e. The van der Waals surface area contributed by atoms with Crippen molar-refractivity contribution in [3.05, 3.63) is 0 Å². The quantitative estimate of drug-likeness (QED) is 0.643. The first kappa shape index (κ1) is 21.0. The van der Waals surface area contributed by atoms with E-state index in [0.717, 1.165) is 31.0 Å². The fraction of sp³-hybridized carbons (Fsp3) is 0.957. The fourth-order valence-electron chi connectivity index (χ4n) is 5.87. The summed E-state index contributed by atoms with van der Waals surface area (Å²) in [7, 11) is 4.26. The van der Waals surface area contributed by atoms with E-state index < -0.39 is 0 Å². The Kier molecular flexibility index (Phi) is 5.88. The molecule has 0 atom stereocenters. The van der Waals surface area contributed by atoms with E-state index in [4.69, 9.17) is 0 Å². The van der Waals surface area contributed by atoms with Gasteiger partial charge in [0.2, 0.25) is 0 Å². The number of amides is 2. The van der Waals surface area contributed by atoms with Gasteiger partial charge in [0.05, 0.1) is 0 Å². The van der Waals surface area contributed by atoms with Crippen LogP contribution in [0.25, 0.3) is 0 Å². The van der Waals surface area contributed by atoms with Gasteiger partial charge in [-0.15, -0.1) is 0 Å². The van der Waals surface area contributed by atoms with Crippen LogP contribution in [0.3, 0.4) is 0 Å². The highest BCUT2D eigenvalue weighted by molar-refractivity contribution is 5.76. The van der Waals surface area contributed by atoms with Crippen molar-refractivity contribution >= 4 is 6.03 Å². The van der Waals surface area contributed by atoms with Gasteiger partial charge in [-0.1, -0.05) is 34.6 Å². The van der Waals surface area contributed by atoms with Gasteiger partial charge in [0.1, 0.15) is 0 Å². The van der Waals surface area contributed by atoms with Gasteiger partial charge in [0.25, 0.3) is 0 Å². The molecule has 0 radical (unpaired) electrons. The number of carbonyl (C=O) groups excluding carboxylic acids is 1. The SMILES string of the molecule is CN1CCN(C2CC(CC(C)(C)CN(C)C3CC(CC(C)(C)C)C3)C2)C1=O. The first-order valence-electron chi connectivity index (χ1n) is 11.2. The molecule has 0 N–H and O–H groups in total. The van der Waals surface area contributed by atoms with Crippen molar-refractivity contribution in [3.8, 4) is 0 Å². The molecule has 0 bridgehead atoms. The van der Waals surface area contributed by atoms with Crippen LogP contribution in [0.4, 0.5) is 4.79 Å². The molecule has 0 aromatic heterocycles. The molecule has 2 amide bonds. The van der Waals surface area contributed by atoms with Crippen LogP contribution < -0.4 is 0 Å². The van der Waals surface area contributed by atoms with E-state index in [1.807, 2.05) is 11.9 Å². The molecule has 2 saturated carbocycles. The van der Waals surface area contributed by atoms with E-state index in [-0.39, 0.29) is 6.03 Å². The second kappa shape index (κ2) is 7.57. The normalized spacial score (nSPS) is 32.1. The minimum Gasteiger partial charge on any atom is -0.326 e. The molecule has 1 heterocycles. The average molecular weight is 378 g/mol. The maximum absolute atomic E-state index is 12.1. The zero-order valence-electron chi connectivity index (χ0n) is 18.9. The van der Waals surface area contributed by atoms with Crippen molar-refractivity contribution in [1.82, 2.24) is 14.7 Å². The molecule has 0 unspecified atom stereocenters. The molecule has 0 aromatic rings. The topological polar surface area (TPSA) is 26.8 Å². The van der Waals surface area contributed by atoms with E-state index in [2.05, 4.69) is 51.5 Å². The van der Waals surface area contributed by atoms with E-state index in [0.29, 0.717) is 16.9 Å². The molecule has 1 aliphatic heterocycles. The Bertz CT molecular complexity index is 526. The van der Waals surface area contributed by atoms with Crippen molar-refractivity contribution in [3.63, 3.8) is 0 Å². The van der Waals surface area contributed by atoms with Gasteiger partial charge in [0, 0.05) is 38.8 Å². The third-order valence-electron chi connectivity index (χ3n) is 7.15. The second-order valence-corrected chi connectivity index (χ2v) is 11.9. The summed E-state index contributed by atoms with van der Waals surface area (Å²) in [5, 5.41) is 0. The largest absolute Gasteiger partial charge is 0.326 e. The lowest BCUT2D eigenvalue weighted by Crippen LogP contribution is -2.49. The van der Waals surface area contributed by atoms with Gasteiger partial charge >= 0.3 is 6.03 Å². The molecule has 4 heteroatoms. The van der Waals surface area contributed by atoms with E-state index >= 15 is 0 Å². The molecule has 3 aliphatic rings. The van der Waals surface area contributed by atoms with E-state index in [9.17, 15) is 4.79 Å².